The van der Waals surface area contributed by atoms with Gasteiger partial charge in [-0.25, -0.2) is 22.4 Å². The number of amides is 1. The van der Waals surface area contributed by atoms with E-state index < -0.39 is 29.4 Å². The molecule has 4 rings (SSSR count). The lowest BCUT2D eigenvalue weighted by Crippen LogP contribution is -2.33. The van der Waals surface area contributed by atoms with Gasteiger partial charge in [0, 0.05) is 47.4 Å². The normalized spacial score (nSPS) is 11.1. The smallest absolute Gasteiger partial charge is 0.410 e. The third-order valence-corrected chi connectivity index (χ3v) is 5.68. The van der Waals surface area contributed by atoms with E-state index in [0.29, 0.717) is 29.6 Å². The minimum absolute atomic E-state index is 0.0997. The standard InChI is InChI=1S/C26H22F4N2O2/c1-3-31(4-2)26(33)34-24-9-8-23-19(25(24)16-12-17(27)14-18(28)13-16)10-11-32(23)15-20-21(29)6-5-7-22(20)30/h5-14H,3-4,15H2,1-2H3. The van der Waals surface area contributed by atoms with E-state index in [-0.39, 0.29) is 23.4 Å². The van der Waals surface area contributed by atoms with Gasteiger partial charge >= 0.3 is 6.09 Å². The van der Waals surface area contributed by atoms with Gasteiger partial charge in [-0.15, -0.1) is 0 Å². The molecule has 1 aromatic heterocycles. The monoisotopic (exact) mass is 470 g/mol. The highest BCUT2D eigenvalue weighted by Gasteiger charge is 2.20. The Morgan fingerprint density at radius 1 is 0.912 bits per heavy atom. The Hall–Kier alpha value is -3.81. The predicted octanol–water partition coefficient (Wildman–Crippen LogP) is 6.75. The zero-order valence-corrected chi connectivity index (χ0v) is 18.6. The van der Waals surface area contributed by atoms with Crippen LogP contribution in [0.3, 0.4) is 0 Å². The van der Waals surface area contributed by atoms with Crippen molar-refractivity contribution in [2.45, 2.75) is 20.4 Å². The van der Waals surface area contributed by atoms with Crippen molar-refractivity contribution in [2.24, 2.45) is 0 Å². The first-order valence-corrected chi connectivity index (χ1v) is 10.8. The van der Waals surface area contributed by atoms with E-state index in [0.717, 1.165) is 18.2 Å². The lowest BCUT2D eigenvalue weighted by Gasteiger charge is -2.20. The van der Waals surface area contributed by atoms with E-state index in [9.17, 15) is 22.4 Å². The maximum Gasteiger partial charge on any atom is 0.415 e. The molecule has 0 spiro atoms. The molecule has 8 heteroatoms. The van der Waals surface area contributed by atoms with Crippen LogP contribution in [0.15, 0.2) is 60.8 Å². The molecule has 176 valence electrons. The molecule has 0 saturated heterocycles. The fourth-order valence-corrected chi connectivity index (χ4v) is 3.97. The average Bonchev–Trinajstić information content (AvgIpc) is 3.19. The molecule has 4 aromatic rings. The molecule has 3 aromatic carbocycles. The van der Waals surface area contributed by atoms with E-state index >= 15 is 0 Å². The fourth-order valence-electron chi connectivity index (χ4n) is 3.97. The first kappa shape index (κ1) is 23.4. The number of fused-ring (bicyclic) bond motifs is 1. The number of aromatic nitrogens is 1. The molecule has 0 N–H and O–H groups in total. The van der Waals surface area contributed by atoms with E-state index in [1.54, 1.807) is 36.7 Å². The number of nitrogens with zero attached hydrogens (tertiary/aromatic N) is 2. The van der Waals surface area contributed by atoms with Gasteiger partial charge in [0.25, 0.3) is 0 Å². The van der Waals surface area contributed by atoms with Crippen molar-refractivity contribution in [3.8, 4) is 16.9 Å². The van der Waals surface area contributed by atoms with E-state index in [2.05, 4.69) is 0 Å². The van der Waals surface area contributed by atoms with Crippen LogP contribution in [0.2, 0.25) is 0 Å². The van der Waals surface area contributed by atoms with Gasteiger partial charge in [-0.05, 0) is 61.9 Å². The van der Waals surface area contributed by atoms with E-state index in [1.807, 2.05) is 0 Å². The second-order valence-electron chi connectivity index (χ2n) is 7.71. The van der Waals surface area contributed by atoms with Gasteiger partial charge in [-0.2, -0.15) is 0 Å². The second-order valence-corrected chi connectivity index (χ2v) is 7.71. The molecule has 0 bridgehead atoms. The summed E-state index contributed by atoms with van der Waals surface area (Å²) in [7, 11) is 0. The molecule has 0 aliphatic heterocycles. The summed E-state index contributed by atoms with van der Waals surface area (Å²) in [5.41, 5.74) is 0.893. The van der Waals surface area contributed by atoms with E-state index in [4.69, 9.17) is 4.74 Å². The van der Waals surface area contributed by atoms with Crippen LogP contribution < -0.4 is 4.74 Å². The molecular formula is C26H22F4N2O2. The maximum absolute atomic E-state index is 14.2. The van der Waals surface area contributed by atoms with Crippen molar-refractivity contribution in [3.63, 3.8) is 0 Å². The van der Waals surface area contributed by atoms with Gasteiger partial charge in [0.1, 0.15) is 29.0 Å². The first-order valence-electron chi connectivity index (χ1n) is 10.8. The zero-order chi connectivity index (χ0) is 24.4. The van der Waals surface area contributed by atoms with Crippen LogP contribution in [0.4, 0.5) is 22.4 Å². The number of rotatable bonds is 6. The summed E-state index contributed by atoms with van der Waals surface area (Å²) in [6.45, 7) is 4.35. The Morgan fingerprint density at radius 3 is 2.18 bits per heavy atom. The molecule has 1 heterocycles. The van der Waals surface area contributed by atoms with Gasteiger partial charge < -0.3 is 14.2 Å². The molecule has 4 nitrogen and oxygen atoms in total. The summed E-state index contributed by atoms with van der Waals surface area (Å²) in [5.74, 6) is -2.83. The zero-order valence-electron chi connectivity index (χ0n) is 18.6. The molecule has 0 radical (unpaired) electrons. The Kier molecular flexibility index (Phi) is 6.58. The fraction of sp³-hybridized carbons (Fsp3) is 0.192. The molecular weight excluding hydrogens is 448 g/mol. The maximum atomic E-state index is 14.2. The van der Waals surface area contributed by atoms with Crippen LogP contribution in [-0.2, 0) is 6.54 Å². The Labute approximate surface area is 194 Å². The summed E-state index contributed by atoms with van der Waals surface area (Å²) < 4.78 is 63.8. The number of hydrogen-bond acceptors (Lipinski definition) is 2. The molecule has 0 aliphatic rings. The Morgan fingerprint density at radius 2 is 1.56 bits per heavy atom. The second kappa shape index (κ2) is 9.59. The quantitative estimate of drug-likeness (QED) is 0.292. The number of carbonyl (C=O) groups is 1. The number of ether oxygens (including phenoxy) is 1. The number of benzene rings is 3. The SMILES string of the molecule is CCN(CC)C(=O)Oc1ccc2c(ccn2Cc2c(F)cccc2F)c1-c1cc(F)cc(F)c1. The highest BCUT2D eigenvalue weighted by atomic mass is 19.1. The lowest BCUT2D eigenvalue weighted by atomic mass is 10.00. The highest BCUT2D eigenvalue weighted by Crippen LogP contribution is 2.39. The third-order valence-electron chi connectivity index (χ3n) is 5.68. The molecule has 0 aliphatic carbocycles. The number of halogens is 4. The topological polar surface area (TPSA) is 34.5 Å². The molecule has 1 amide bonds. The molecule has 0 fully saturated rings. The van der Waals surface area contributed by atoms with Crippen LogP contribution in [0.25, 0.3) is 22.0 Å². The van der Waals surface area contributed by atoms with Crippen LogP contribution in [0.1, 0.15) is 19.4 Å². The summed E-state index contributed by atoms with van der Waals surface area (Å²) in [5, 5.41) is 0.506. The predicted molar refractivity (Wildman–Crippen MR) is 122 cm³/mol. The van der Waals surface area contributed by atoms with Crippen LogP contribution in [-0.4, -0.2) is 28.6 Å². The van der Waals surface area contributed by atoms with Gasteiger partial charge in [0.05, 0.1) is 6.54 Å². The van der Waals surface area contributed by atoms with Gasteiger partial charge in [0.15, 0.2) is 0 Å². The van der Waals surface area contributed by atoms with Gasteiger partial charge in [-0.1, -0.05) is 6.07 Å². The van der Waals surface area contributed by atoms with E-state index in [1.165, 1.54) is 29.2 Å². The van der Waals surface area contributed by atoms with Crippen LogP contribution in [0.5, 0.6) is 5.75 Å². The van der Waals surface area contributed by atoms with Gasteiger partial charge in [-0.3, -0.25) is 0 Å². The Balaban J connectivity index is 1.87. The van der Waals surface area contributed by atoms with Crippen LogP contribution >= 0.6 is 0 Å². The lowest BCUT2D eigenvalue weighted by molar-refractivity contribution is 0.157. The minimum atomic E-state index is -0.791. The molecule has 0 unspecified atom stereocenters. The average molecular weight is 470 g/mol. The minimum Gasteiger partial charge on any atom is -0.410 e. The summed E-state index contributed by atoms with van der Waals surface area (Å²) in [4.78, 5) is 14.1. The number of carbonyl (C=O) groups excluding carboxylic acids is 1. The largest absolute Gasteiger partial charge is 0.415 e. The van der Waals surface area contributed by atoms with Crippen molar-refractivity contribution in [2.75, 3.05) is 13.1 Å². The Bertz CT molecular complexity index is 1320. The third kappa shape index (κ3) is 4.48. The van der Waals surface area contributed by atoms with Gasteiger partial charge in [0.2, 0.25) is 0 Å². The van der Waals surface area contributed by atoms with Crippen molar-refractivity contribution in [1.82, 2.24) is 9.47 Å². The summed E-state index contributed by atoms with van der Waals surface area (Å²) >= 11 is 0. The summed E-state index contributed by atoms with van der Waals surface area (Å²) in [6, 6.07) is 11.5. The molecule has 34 heavy (non-hydrogen) atoms. The number of hydrogen-bond donors (Lipinski definition) is 0. The molecule has 0 saturated carbocycles. The molecule has 0 atom stereocenters. The van der Waals surface area contributed by atoms with Crippen molar-refractivity contribution < 1.29 is 27.1 Å². The summed E-state index contributed by atoms with van der Waals surface area (Å²) in [6.07, 6.45) is 1.02. The van der Waals surface area contributed by atoms with Crippen molar-refractivity contribution in [3.05, 3.63) is 89.6 Å². The van der Waals surface area contributed by atoms with Crippen molar-refractivity contribution in [1.29, 1.82) is 0 Å². The highest BCUT2D eigenvalue weighted by molar-refractivity contribution is 5.99. The van der Waals surface area contributed by atoms with Crippen LogP contribution in [0, 0.1) is 23.3 Å². The van der Waals surface area contributed by atoms with Crippen molar-refractivity contribution >= 4 is 17.0 Å². The first-order chi connectivity index (χ1) is 16.3.